The standard InChI is InChI=1S/C63H47BN2O2Si/c1-36-33-44-45(63(4,5)32-31-62(44,2)3)35-48(36)65-49-34-43-38-18-7-12-24-51(38)67-60(43)56-42-21-16-28-55-58(42)66(64(57(49)56)46-30-29-41-37-17-6-11-23-50(37)68-61(41)59(46)65)47-22-10-15-27-54(47)69(55)52-25-13-8-19-39(52)40-20-9-14-26-53(40)69/h6-30,33-35H,31-32H2,1-5H3. The third-order valence-corrected chi connectivity index (χ3v) is 22.3. The van der Waals surface area contributed by atoms with Crippen LogP contribution in [0.4, 0.5) is 28.4 Å². The molecule has 0 N–H and O–H groups in total. The van der Waals surface area contributed by atoms with Gasteiger partial charge in [0, 0.05) is 55.4 Å². The summed E-state index contributed by atoms with van der Waals surface area (Å²) < 4.78 is 14.5. The van der Waals surface area contributed by atoms with Gasteiger partial charge in [0.2, 0.25) is 0 Å². The molecule has 0 unspecified atom stereocenters. The van der Waals surface area contributed by atoms with Crippen molar-refractivity contribution in [3.8, 4) is 22.3 Å². The molecular weight excluding hydrogens is 856 g/mol. The normalized spacial score (nSPS) is 16.9. The first-order valence-electron chi connectivity index (χ1n) is 24.8. The van der Waals surface area contributed by atoms with Gasteiger partial charge in [-0.1, -0.05) is 167 Å². The molecule has 1 spiro atoms. The van der Waals surface area contributed by atoms with E-state index in [1.165, 1.54) is 93.4 Å². The van der Waals surface area contributed by atoms with Crippen LogP contribution in [-0.4, -0.2) is 14.9 Å². The summed E-state index contributed by atoms with van der Waals surface area (Å²) in [4.78, 5) is 5.37. The number of furan rings is 2. The maximum Gasteiger partial charge on any atom is 0.333 e. The van der Waals surface area contributed by atoms with Crippen LogP contribution in [0, 0.1) is 6.92 Å². The summed E-state index contributed by atoms with van der Waals surface area (Å²) in [7, 11) is -2.89. The molecule has 9 aromatic carbocycles. The minimum absolute atomic E-state index is 0.00808. The second kappa shape index (κ2) is 12.8. The molecule has 69 heavy (non-hydrogen) atoms. The topological polar surface area (TPSA) is 32.8 Å². The monoisotopic (exact) mass is 902 g/mol. The minimum atomic E-state index is -2.89. The Morgan fingerprint density at radius 3 is 1.78 bits per heavy atom. The molecule has 5 aliphatic rings. The van der Waals surface area contributed by atoms with Gasteiger partial charge in [0.05, 0.1) is 5.69 Å². The van der Waals surface area contributed by atoms with Gasteiger partial charge in [-0.25, -0.2) is 0 Å². The number of aryl methyl sites for hydroxylation is 1. The van der Waals surface area contributed by atoms with Crippen LogP contribution in [0.5, 0.6) is 0 Å². The molecular formula is C63H47BN2O2Si. The molecule has 0 saturated heterocycles. The van der Waals surface area contributed by atoms with Crippen LogP contribution < -0.4 is 41.4 Å². The fourth-order valence-corrected chi connectivity index (χ4v) is 19.8. The maximum atomic E-state index is 7.26. The Balaban J connectivity index is 1.11. The van der Waals surface area contributed by atoms with Crippen molar-refractivity contribution in [3.63, 3.8) is 0 Å². The zero-order valence-electron chi connectivity index (χ0n) is 39.4. The third-order valence-electron chi connectivity index (χ3n) is 17.4. The van der Waals surface area contributed by atoms with Gasteiger partial charge in [0.1, 0.15) is 16.7 Å². The molecule has 0 saturated carbocycles. The van der Waals surface area contributed by atoms with E-state index in [0.29, 0.717) is 0 Å². The van der Waals surface area contributed by atoms with Crippen molar-refractivity contribution in [1.29, 1.82) is 0 Å². The van der Waals surface area contributed by atoms with Gasteiger partial charge in [0.25, 0.3) is 0 Å². The highest BCUT2D eigenvalue weighted by Gasteiger charge is 2.58. The lowest BCUT2D eigenvalue weighted by Crippen LogP contribution is -2.78. The van der Waals surface area contributed by atoms with Crippen molar-refractivity contribution in [2.45, 2.75) is 58.3 Å². The molecule has 6 heteroatoms. The number of hydrogen-bond donors (Lipinski definition) is 0. The van der Waals surface area contributed by atoms with Crippen LogP contribution in [0.25, 0.3) is 66.1 Å². The second-order valence-corrected chi connectivity index (χ2v) is 25.4. The van der Waals surface area contributed by atoms with Gasteiger partial charge in [-0.2, -0.15) is 0 Å². The number of benzene rings is 9. The van der Waals surface area contributed by atoms with Crippen LogP contribution in [0.2, 0.25) is 0 Å². The number of rotatable bonds is 1. The summed E-state index contributed by atoms with van der Waals surface area (Å²) in [5, 5.41) is 10.3. The molecule has 0 radical (unpaired) electrons. The van der Waals surface area contributed by atoms with Crippen molar-refractivity contribution in [3.05, 3.63) is 187 Å². The van der Waals surface area contributed by atoms with E-state index < -0.39 is 8.07 Å². The van der Waals surface area contributed by atoms with Crippen LogP contribution in [0.1, 0.15) is 57.2 Å². The molecule has 0 amide bonds. The summed E-state index contributed by atoms with van der Waals surface area (Å²) in [6.07, 6.45) is 2.30. The molecule has 4 aliphatic heterocycles. The van der Waals surface area contributed by atoms with Gasteiger partial charge < -0.3 is 18.5 Å². The molecule has 0 bridgehead atoms. The Morgan fingerprint density at radius 1 is 0.478 bits per heavy atom. The average Bonchev–Trinajstić information content (AvgIpc) is 4.04. The van der Waals surface area contributed by atoms with E-state index in [1.54, 1.807) is 0 Å². The first kappa shape index (κ1) is 38.4. The Labute approximate surface area is 402 Å². The highest BCUT2D eigenvalue weighted by Crippen LogP contribution is 2.55. The number of para-hydroxylation sites is 4. The molecule has 0 atom stereocenters. The molecule has 328 valence electrons. The third kappa shape index (κ3) is 4.54. The Hall–Kier alpha value is -7.54. The lowest BCUT2D eigenvalue weighted by molar-refractivity contribution is 0.332. The fraction of sp³-hybridized carbons (Fsp3) is 0.143. The highest BCUT2D eigenvalue weighted by molar-refractivity contribution is 7.24. The summed E-state index contributed by atoms with van der Waals surface area (Å²) in [6, 6.07) is 64.7. The fourth-order valence-electron chi connectivity index (χ4n) is 14.2. The minimum Gasteiger partial charge on any atom is -0.455 e. The summed E-state index contributed by atoms with van der Waals surface area (Å²) in [6.45, 7) is 11.9. The SMILES string of the molecule is Cc1cc2c(cc1N1c3cc4c(oc5ccccc54)c4c3B(c3ccc5c(oc6ccccc65)c31)N1c3ccccc3[Si]3(c5ccccc5-c5ccccc53)c3cccc-4c31)C(C)(C)CCC2(C)C. The number of nitrogens with zero attached hydrogens (tertiary/aromatic N) is 2. The molecule has 6 heterocycles. The van der Waals surface area contributed by atoms with Crippen LogP contribution in [-0.2, 0) is 10.8 Å². The lowest BCUT2D eigenvalue weighted by Gasteiger charge is -2.51. The van der Waals surface area contributed by atoms with Crippen LogP contribution >= 0.6 is 0 Å². The summed E-state index contributed by atoms with van der Waals surface area (Å²) in [5.74, 6) is 0. The van der Waals surface area contributed by atoms with Gasteiger partial charge in [-0.3, -0.25) is 0 Å². The van der Waals surface area contributed by atoms with Crippen LogP contribution in [0.3, 0.4) is 0 Å². The predicted molar refractivity (Wildman–Crippen MR) is 291 cm³/mol. The van der Waals surface area contributed by atoms with Gasteiger partial charge >= 0.3 is 6.85 Å². The number of fused-ring (bicyclic) bond motifs is 22. The lowest BCUT2D eigenvalue weighted by atomic mass is 9.43. The molecule has 0 fully saturated rings. The van der Waals surface area contributed by atoms with Crippen LogP contribution in [0.15, 0.2) is 179 Å². The molecule has 11 aromatic rings. The molecule has 4 nitrogen and oxygen atoms in total. The van der Waals surface area contributed by atoms with E-state index >= 15 is 0 Å². The quantitative estimate of drug-likeness (QED) is 0.154. The molecule has 1 aliphatic carbocycles. The highest BCUT2D eigenvalue weighted by atomic mass is 28.3. The Kier molecular flexibility index (Phi) is 7.10. The first-order valence-corrected chi connectivity index (χ1v) is 26.8. The summed E-state index contributed by atoms with van der Waals surface area (Å²) in [5.41, 5.74) is 21.6. The average molecular weight is 903 g/mol. The van der Waals surface area contributed by atoms with E-state index in [4.69, 9.17) is 8.83 Å². The molecule has 16 rings (SSSR count). The van der Waals surface area contributed by atoms with Crippen molar-refractivity contribution in [2.24, 2.45) is 0 Å². The van der Waals surface area contributed by atoms with E-state index in [9.17, 15) is 0 Å². The predicted octanol–water partition coefficient (Wildman–Crippen LogP) is 12.5. The summed E-state index contributed by atoms with van der Waals surface area (Å²) >= 11 is 0. The largest absolute Gasteiger partial charge is 0.455 e. The zero-order chi connectivity index (χ0) is 45.9. The van der Waals surface area contributed by atoms with E-state index in [-0.39, 0.29) is 17.7 Å². The molecule has 2 aromatic heterocycles. The van der Waals surface area contributed by atoms with E-state index in [2.05, 4.69) is 214 Å². The van der Waals surface area contributed by atoms with Crippen molar-refractivity contribution in [1.82, 2.24) is 0 Å². The van der Waals surface area contributed by atoms with Crippen molar-refractivity contribution in [2.75, 3.05) is 9.71 Å². The Bertz CT molecular complexity index is 4110. The van der Waals surface area contributed by atoms with E-state index in [1.807, 2.05) is 0 Å². The smallest absolute Gasteiger partial charge is 0.333 e. The van der Waals surface area contributed by atoms with Crippen molar-refractivity contribution >= 4 is 119 Å². The number of hydrogen-bond acceptors (Lipinski definition) is 4. The second-order valence-electron chi connectivity index (χ2n) is 21.8. The van der Waals surface area contributed by atoms with E-state index in [0.717, 1.165) is 62.4 Å². The van der Waals surface area contributed by atoms with Gasteiger partial charge in [-0.05, 0) is 120 Å². The number of anilines is 5. The van der Waals surface area contributed by atoms with Gasteiger partial charge in [0.15, 0.2) is 13.7 Å². The first-order chi connectivity index (χ1) is 33.6. The van der Waals surface area contributed by atoms with Crippen molar-refractivity contribution < 1.29 is 8.83 Å². The maximum absolute atomic E-state index is 7.26. The Morgan fingerprint density at radius 2 is 1.06 bits per heavy atom. The van der Waals surface area contributed by atoms with Gasteiger partial charge in [-0.15, -0.1) is 0 Å². The zero-order valence-corrected chi connectivity index (χ0v) is 40.4.